The zero-order valence-corrected chi connectivity index (χ0v) is 9.76. The second kappa shape index (κ2) is 3.84. The number of hydrogen-bond acceptors (Lipinski definition) is 2. The van der Waals surface area contributed by atoms with E-state index >= 15 is 0 Å². The fourth-order valence-electron chi connectivity index (χ4n) is 2.07. The van der Waals surface area contributed by atoms with E-state index in [2.05, 4.69) is 24.2 Å². The van der Waals surface area contributed by atoms with Gasteiger partial charge in [0.1, 0.15) is 0 Å². The van der Waals surface area contributed by atoms with Crippen molar-refractivity contribution in [1.29, 1.82) is 0 Å². The van der Waals surface area contributed by atoms with Gasteiger partial charge < -0.3 is 0 Å². The Morgan fingerprint density at radius 2 is 2.24 bits per heavy atom. The highest BCUT2D eigenvalue weighted by Gasteiger charge is 2.29. The van der Waals surface area contributed by atoms with Crippen molar-refractivity contribution >= 4 is 6.29 Å². The van der Waals surface area contributed by atoms with E-state index in [1.165, 1.54) is 5.56 Å². The quantitative estimate of drug-likeness (QED) is 0.754. The number of aromatic nitrogens is 2. The Kier molecular flexibility index (Phi) is 2.32. The van der Waals surface area contributed by atoms with E-state index in [9.17, 15) is 4.79 Å². The van der Waals surface area contributed by atoms with Crippen molar-refractivity contribution < 1.29 is 4.79 Å². The van der Waals surface area contributed by atoms with Gasteiger partial charge in [-0.25, -0.2) is 4.68 Å². The summed E-state index contributed by atoms with van der Waals surface area (Å²) in [6.45, 7) is 2.05. The fourth-order valence-corrected chi connectivity index (χ4v) is 2.07. The molecule has 1 fully saturated rings. The Morgan fingerprint density at radius 1 is 1.41 bits per heavy atom. The number of rotatable bonds is 3. The van der Waals surface area contributed by atoms with Crippen molar-refractivity contribution in [3.05, 3.63) is 47.3 Å². The van der Waals surface area contributed by atoms with Crippen molar-refractivity contribution in [1.82, 2.24) is 9.78 Å². The van der Waals surface area contributed by atoms with Crippen LogP contribution in [0.5, 0.6) is 0 Å². The standard InChI is InChI=1S/C14H14N2O/c1-10-3-2-4-13(7-10)16-8-12(9-17)14(15-16)11-5-6-11/h2-4,7-9,11H,5-6H2,1H3. The SMILES string of the molecule is Cc1cccc(-n2cc(C=O)c(C3CC3)n2)c1. The maximum Gasteiger partial charge on any atom is 0.153 e. The molecule has 0 bridgehead atoms. The van der Waals surface area contributed by atoms with Gasteiger partial charge in [-0.05, 0) is 37.5 Å². The van der Waals surface area contributed by atoms with Crippen molar-refractivity contribution in [2.24, 2.45) is 0 Å². The molecule has 1 aliphatic rings. The van der Waals surface area contributed by atoms with Crippen LogP contribution >= 0.6 is 0 Å². The van der Waals surface area contributed by atoms with Crippen LogP contribution in [0.15, 0.2) is 30.5 Å². The predicted molar refractivity (Wildman–Crippen MR) is 65.7 cm³/mol. The molecule has 17 heavy (non-hydrogen) atoms. The Balaban J connectivity index is 2.06. The van der Waals surface area contributed by atoms with E-state index in [0.717, 1.165) is 36.1 Å². The lowest BCUT2D eigenvalue weighted by Crippen LogP contribution is -1.95. The Labute approximate surface area is 100 Å². The summed E-state index contributed by atoms with van der Waals surface area (Å²) in [5, 5.41) is 4.54. The molecular formula is C14H14N2O. The lowest BCUT2D eigenvalue weighted by atomic mass is 10.2. The van der Waals surface area contributed by atoms with Crippen LogP contribution in [-0.4, -0.2) is 16.1 Å². The highest BCUT2D eigenvalue weighted by molar-refractivity contribution is 5.76. The summed E-state index contributed by atoms with van der Waals surface area (Å²) in [6, 6.07) is 8.13. The number of carbonyl (C=O) groups excluding carboxylic acids is 1. The normalized spacial score (nSPS) is 14.9. The van der Waals surface area contributed by atoms with Gasteiger partial charge in [-0.15, -0.1) is 0 Å². The summed E-state index contributed by atoms with van der Waals surface area (Å²) < 4.78 is 1.81. The van der Waals surface area contributed by atoms with Crippen molar-refractivity contribution in [2.75, 3.05) is 0 Å². The summed E-state index contributed by atoms with van der Waals surface area (Å²) in [5.41, 5.74) is 3.90. The van der Waals surface area contributed by atoms with E-state index in [1.807, 2.05) is 23.0 Å². The summed E-state index contributed by atoms with van der Waals surface area (Å²) in [4.78, 5) is 11.0. The number of nitrogens with zero attached hydrogens (tertiary/aromatic N) is 2. The van der Waals surface area contributed by atoms with Crippen LogP contribution in [0.4, 0.5) is 0 Å². The first-order valence-corrected chi connectivity index (χ1v) is 5.90. The molecule has 1 saturated carbocycles. The third-order valence-corrected chi connectivity index (χ3v) is 3.13. The van der Waals surface area contributed by atoms with Crippen molar-refractivity contribution in [3.8, 4) is 5.69 Å². The average Bonchev–Trinajstić information content (AvgIpc) is 3.08. The van der Waals surface area contributed by atoms with Crippen LogP contribution in [0.1, 0.15) is 40.4 Å². The Bertz CT molecular complexity index is 567. The summed E-state index contributed by atoms with van der Waals surface area (Å²) >= 11 is 0. The molecule has 1 aromatic heterocycles. The van der Waals surface area contributed by atoms with Crippen LogP contribution in [0.25, 0.3) is 5.69 Å². The van der Waals surface area contributed by atoms with Crippen LogP contribution in [0.2, 0.25) is 0 Å². The maximum atomic E-state index is 11.0. The van der Waals surface area contributed by atoms with E-state index in [0.29, 0.717) is 5.92 Å². The first kappa shape index (κ1) is 10.3. The zero-order valence-electron chi connectivity index (χ0n) is 9.76. The minimum absolute atomic E-state index is 0.501. The van der Waals surface area contributed by atoms with Crippen molar-refractivity contribution in [2.45, 2.75) is 25.7 Å². The van der Waals surface area contributed by atoms with E-state index in [4.69, 9.17) is 0 Å². The Morgan fingerprint density at radius 3 is 2.88 bits per heavy atom. The number of aryl methyl sites for hydroxylation is 1. The number of aldehydes is 1. The molecule has 3 rings (SSSR count). The smallest absolute Gasteiger partial charge is 0.153 e. The first-order valence-electron chi connectivity index (χ1n) is 5.90. The van der Waals surface area contributed by atoms with E-state index < -0.39 is 0 Å². The van der Waals surface area contributed by atoms with Gasteiger partial charge in [0.15, 0.2) is 6.29 Å². The minimum atomic E-state index is 0.501. The van der Waals surface area contributed by atoms with Gasteiger partial charge in [0.2, 0.25) is 0 Å². The Hall–Kier alpha value is -1.90. The summed E-state index contributed by atoms with van der Waals surface area (Å²) in [7, 11) is 0. The zero-order chi connectivity index (χ0) is 11.8. The topological polar surface area (TPSA) is 34.9 Å². The molecule has 1 aliphatic carbocycles. The molecular weight excluding hydrogens is 212 g/mol. The first-order chi connectivity index (χ1) is 8.28. The molecule has 1 aromatic carbocycles. The molecule has 0 aliphatic heterocycles. The molecule has 2 aromatic rings. The highest BCUT2D eigenvalue weighted by atomic mass is 16.1. The van der Waals surface area contributed by atoms with Gasteiger partial charge in [-0.1, -0.05) is 12.1 Å². The summed E-state index contributed by atoms with van der Waals surface area (Å²) in [5.74, 6) is 0.501. The molecule has 0 spiro atoms. The second-order valence-corrected chi connectivity index (χ2v) is 4.65. The third kappa shape index (κ3) is 1.88. The monoisotopic (exact) mass is 226 g/mol. The molecule has 1 heterocycles. The molecule has 0 saturated heterocycles. The molecule has 0 N–H and O–H groups in total. The van der Waals surface area contributed by atoms with Gasteiger partial charge in [-0.3, -0.25) is 4.79 Å². The molecule has 86 valence electrons. The molecule has 0 atom stereocenters. The van der Waals surface area contributed by atoms with Gasteiger partial charge in [0.05, 0.1) is 16.9 Å². The molecule has 0 amide bonds. The third-order valence-electron chi connectivity index (χ3n) is 3.13. The molecule has 3 heteroatoms. The van der Waals surface area contributed by atoms with Gasteiger partial charge in [0, 0.05) is 12.1 Å². The van der Waals surface area contributed by atoms with Gasteiger partial charge in [-0.2, -0.15) is 5.10 Å². The molecule has 0 unspecified atom stereocenters. The second-order valence-electron chi connectivity index (χ2n) is 4.65. The molecule has 3 nitrogen and oxygen atoms in total. The number of hydrogen-bond donors (Lipinski definition) is 0. The van der Waals surface area contributed by atoms with E-state index in [1.54, 1.807) is 0 Å². The summed E-state index contributed by atoms with van der Waals surface area (Å²) in [6.07, 6.45) is 5.06. The average molecular weight is 226 g/mol. The number of carbonyl (C=O) groups is 1. The van der Waals surface area contributed by atoms with Crippen LogP contribution in [0.3, 0.4) is 0 Å². The van der Waals surface area contributed by atoms with E-state index in [-0.39, 0.29) is 0 Å². The lowest BCUT2D eigenvalue weighted by Gasteiger charge is -2.01. The largest absolute Gasteiger partial charge is 0.298 e. The fraction of sp³-hybridized carbons (Fsp3) is 0.286. The highest BCUT2D eigenvalue weighted by Crippen LogP contribution is 2.40. The predicted octanol–water partition coefficient (Wildman–Crippen LogP) is 2.87. The van der Waals surface area contributed by atoms with Gasteiger partial charge >= 0.3 is 0 Å². The minimum Gasteiger partial charge on any atom is -0.298 e. The van der Waals surface area contributed by atoms with Crippen molar-refractivity contribution in [3.63, 3.8) is 0 Å². The number of benzene rings is 1. The van der Waals surface area contributed by atoms with Crippen LogP contribution < -0.4 is 0 Å². The maximum absolute atomic E-state index is 11.0. The lowest BCUT2D eigenvalue weighted by molar-refractivity contribution is 0.112. The molecule has 0 radical (unpaired) electrons. The van der Waals surface area contributed by atoms with Gasteiger partial charge in [0.25, 0.3) is 0 Å². The van der Waals surface area contributed by atoms with Crippen LogP contribution in [0, 0.1) is 6.92 Å². The van der Waals surface area contributed by atoms with Crippen LogP contribution in [-0.2, 0) is 0 Å².